The fourth-order valence-corrected chi connectivity index (χ4v) is 2.50. The number of hydrogen-bond acceptors (Lipinski definition) is 4. The maximum atomic E-state index is 5.79. The third-order valence-electron chi connectivity index (χ3n) is 3.44. The number of rotatable bonds is 7. The van der Waals surface area contributed by atoms with Gasteiger partial charge in [0.15, 0.2) is 11.5 Å². The lowest BCUT2D eigenvalue weighted by Gasteiger charge is -2.24. The molecule has 1 aliphatic heterocycles. The van der Waals surface area contributed by atoms with Crippen molar-refractivity contribution in [1.82, 2.24) is 5.32 Å². The van der Waals surface area contributed by atoms with Gasteiger partial charge < -0.3 is 19.5 Å². The van der Waals surface area contributed by atoms with Gasteiger partial charge in [-0.05, 0) is 57.5 Å². The van der Waals surface area contributed by atoms with Crippen molar-refractivity contribution in [3.63, 3.8) is 0 Å². The maximum Gasteiger partial charge on any atom is 0.161 e. The second-order valence-corrected chi connectivity index (χ2v) is 4.89. The summed E-state index contributed by atoms with van der Waals surface area (Å²) in [5.41, 5.74) is 1.12. The van der Waals surface area contributed by atoms with Crippen LogP contribution in [0.15, 0.2) is 30.0 Å². The summed E-state index contributed by atoms with van der Waals surface area (Å²) in [7, 11) is 1.94. The summed E-state index contributed by atoms with van der Waals surface area (Å²) < 4.78 is 17.1. The van der Waals surface area contributed by atoms with Crippen molar-refractivity contribution in [3.8, 4) is 11.5 Å². The highest BCUT2D eigenvalue weighted by Gasteiger charge is 2.20. The van der Waals surface area contributed by atoms with Crippen molar-refractivity contribution in [2.75, 3.05) is 26.9 Å². The first-order chi connectivity index (χ1) is 10.3. The summed E-state index contributed by atoms with van der Waals surface area (Å²) in [5, 5.41) is 3.32. The highest BCUT2D eigenvalue weighted by molar-refractivity contribution is 5.45. The van der Waals surface area contributed by atoms with Crippen LogP contribution in [-0.4, -0.2) is 26.9 Å². The van der Waals surface area contributed by atoms with Gasteiger partial charge in [-0.15, -0.1) is 0 Å². The van der Waals surface area contributed by atoms with Crippen LogP contribution in [0.1, 0.15) is 38.3 Å². The Morgan fingerprint density at radius 3 is 2.57 bits per heavy atom. The predicted octanol–water partition coefficient (Wildman–Crippen LogP) is 3.44. The van der Waals surface area contributed by atoms with Gasteiger partial charge in [0.25, 0.3) is 0 Å². The van der Waals surface area contributed by atoms with E-state index in [1.54, 1.807) is 0 Å². The molecule has 0 radical (unpaired) electrons. The Hall–Kier alpha value is -1.68. The Morgan fingerprint density at radius 2 is 1.95 bits per heavy atom. The quantitative estimate of drug-likeness (QED) is 0.835. The average Bonchev–Trinajstić information content (AvgIpc) is 2.52. The van der Waals surface area contributed by atoms with Crippen LogP contribution < -0.4 is 14.8 Å². The van der Waals surface area contributed by atoms with Crippen LogP contribution in [0.2, 0.25) is 0 Å². The smallest absolute Gasteiger partial charge is 0.161 e. The lowest BCUT2D eigenvalue weighted by molar-refractivity contribution is 0.169. The largest absolute Gasteiger partial charge is 0.496 e. The van der Waals surface area contributed by atoms with E-state index in [-0.39, 0.29) is 6.04 Å². The first kappa shape index (κ1) is 15.7. The minimum absolute atomic E-state index is 0.0557. The van der Waals surface area contributed by atoms with E-state index in [2.05, 4.69) is 17.5 Å². The normalized spacial score (nSPS) is 15.9. The van der Waals surface area contributed by atoms with Crippen LogP contribution in [0.4, 0.5) is 0 Å². The minimum Gasteiger partial charge on any atom is -0.496 e. The Labute approximate surface area is 127 Å². The fourth-order valence-electron chi connectivity index (χ4n) is 2.50. The van der Waals surface area contributed by atoms with Gasteiger partial charge in [0.2, 0.25) is 0 Å². The van der Waals surface area contributed by atoms with Gasteiger partial charge in [-0.3, -0.25) is 0 Å². The molecule has 0 amide bonds. The van der Waals surface area contributed by atoms with Crippen LogP contribution in [0, 0.1) is 0 Å². The average molecular weight is 291 g/mol. The molecule has 4 nitrogen and oxygen atoms in total. The van der Waals surface area contributed by atoms with Crippen molar-refractivity contribution in [2.45, 2.75) is 32.7 Å². The molecule has 1 aromatic rings. The molecular weight excluding hydrogens is 266 g/mol. The van der Waals surface area contributed by atoms with E-state index in [0.29, 0.717) is 13.2 Å². The number of hydrogen-bond donors (Lipinski definition) is 1. The van der Waals surface area contributed by atoms with Gasteiger partial charge >= 0.3 is 0 Å². The molecule has 0 aliphatic carbocycles. The molecular formula is C17H25NO3. The van der Waals surface area contributed by atoms with E-state index in [0.717, 1.165) is 42.3 Å². The van der Waals surface area contributed by atoms with Crippen LogP contribution in [0.5, 0.6) is 11.5 Å². The van der Waals surface area contributed by atoms with E-state index < -0.39 is 0 Å². The second-order valence-electron chi connectivity index (χ2n) is 4.89. The lowest BCUT2D eigenvalue weighted by atomic mass is 10.0. The van der Waals surface area contributed by atoms with Gasteiger partial charge in [0.05, 0.1) is 25.9 Å². The fraction of sp³-hybridized carbons (Fsp3) is 0.529. The molecule has 1 N–H and O–H groups in total. The van der Waals surface area contributed by atoms with E-state index in [4.69, 9.17) is 14.2 Å². The number of allylic oxidation sites excluding steroid dienone is 1. The molecule has 0 bridgehead atoms. The highest BCUT2D eigenvalue weighted by atomic mass is 16.5. The molecule has 1 unspecified atom stereocenters. The van der Waals surface area contributed by atoms with E-state index in [9.17, 15) is 0 Å². The third kappa shape index (κ3) is 3.91. The van der Waals surface area contributed by atoms with Gasteiger partial charge in [-0.1, -0.05) is 6.07 Å². The topological polar surface area (TPSA) is 39.7 Å². The van der Waals surface area contributed by atoms with Gasteiger partial charge in [-0.2, -0.15) is 0 Å². The monoisotopic (exact) mass is 291 g/mol. The molecule has 0 aromatic heterocycles. The minimum atomic E-state index is 0.0557. The van der Waals surface area contributed by atoms with Crippen LogP contribution in [0.3, 0.4) is 0 Å². The van der Waals surface area contributed by atoms with Gasteiger partial charge in [0, 0.05) is 0 Å². The Bertz CT molecular complexity index is 485. The summed E-state index contributed by atoms with van der Waals surface area (Å²) in [5.74, 6) is 2.57. The summed E-state index contributed by atoms with van der Waals surface area (Å²) >= 11 is 0. The van der Waals surface area contributed by atoms with Gasteiger partial charge in [0.1, 0.15) is 5.76 Å². The molecule has 21 heavy (non-hydrogen) atoms. The molecule has 2 rings (SSSR count). The third-order valence-corrected chi connectivity index (χ3v) is 3.44. The molecule has 1 heterocycles. The summed E-state index contributed by atoms with van der Waals surface area (Å²) in [6.07, 6.45) is 4.33. The molecule has 1 aliphatic rings. The first-order valence-electron chi connectivity index (χ1n) is 7.69. The van der Waals surface area contributed by atoms with Crippen molar-refractivity contribution in [1.29, 1.82) is 0 Å². The molecule has 1 aromatic carbocycles. The second kappa shape index (κ2) is 7.93. The van der Waals surface area contributed by atoms with Crippen LogP contribution in [-0.2, 0) is 4.74 Å². The summed E-state index contributed by atoms with van der Waals surface area (Å²) in [4.78, 5) is 0. The van der Waals surface area contributed by atoms with E-state index in [1.807, 2.05) is 33.0 Å². The molecule has 0 saturated carbocycles. The molecule has 0 saturated heterocycles. The summed E-state index contributed by atoms with van der Waals surface area (Å²) in [6, 6.07) is 6.12. The van der Waals surface area contributed by atoms with Gasteiger partial charge in [-0.25, -0.2) is 0 Å². The Balaban J connectivity index is 2.28. The van der Waals surface area contributed by atoms with Crippen LogP contribution in [0.25, 0.3) is 0 Å². The maximum absolute atomic E-state index is 5.79. The lowest BCUT2D eigenvalue weighted by Crippen LogP contribution is -2.22. The van der Waals surface area contributed by atoms with Crippen molar-refractivity contribution in [2.24, 2.45) is 0 Å². The zero-order valence-corrected chi connectivity index (χ0v) is 13.1. The molecule has 1 atom stereocenters. The number of ether oxygens (including phenoxy) is 3. The molecule has 0 fully saturated rings. The zero-order chi connectivity index (χ0) is 15.1. The van der Waals surface area contributed by atoms with E-state index >= 15 is 0 Å². The summed E-state index contributed by atoms with van der Waals surface area (Å²) in [6.45, 7) is 5.99. The highest BCUT2D eigenvalue weighted by Crippen LogP contribution is 2.33. The first-order valence-corrected chi connectivity index (χ1v) is 7.69. The SMILES string of the molecule is CCOc1ccc(C(NC)C2=CCCCO2)cc1OCC. The standard InChI is InChI=1S/C17H25NO3/c1-4-19-14-10-9-13(12-16(14)20-5-2)17(18-3)15-8-6-7-11-21-15/h8-10,12,17-18H,4-7,11H2,1-3H3. The van der Waals surface area contributed by atoms with E-state index in [1.165, 1.54) is 0 Å². The molecule has 116 valence electrons. The predicted molar refractivity (Wildman–Crippen MR) is 83.8 cm³/mol. The Morgan fingerprint density at radius 1 is 1.19 bits per heavy atom. The number of likely N-dealkylation sites (N-methyl/N-ethyl adjacent to an activating group) is 1. The van der Waals surface area contributed by atoms with Crippen molar-refractivity contribution in [3.05, 3.63) is 35.6 Å². The van der Waals surface area contributed by atoms with Crippen LogP contribution >= 0.6 is 0 Å². The zero-order valence-electron chi connectivity index (χ0n) is 13.1. The molecule has 4 heteroatoms. The number of benzene rings is 1. The van der Waals surface area contributed by atoms with Crippen molar-refractivity contribution < 1.29 is 14.2 Å². The molecule has 0 spiro atoms. The van der Waals surface area contributed by atoms with Crippen molar-refractivity contribution >= 4 is 0 Å². The Kier molecular flexibility index (Phi) is 5.93. The number of nitrogens with one attached hydrogen (secondary N) is 1.